The molecule has 0 aromatic heterocycles. The van der Waals surface area contributed by atoms with E-state index in [1.807, 2.05) is 6.07 Å². The molecule has 1 amide bonds. The molecule has 174 valence electrons. The minimum Gasteiger partial charge on any atom is -0.383 e. The van der Waals surface area contributed by atoms with Gasteiger partial charge in [0.15, 0.2) is 5.78 Å². The average molecular weight is 459 g/mol. The Kier molecular flexibility index (Phi) is 6.58. The Hall–Kier alpha value is -4.20. The Labute approximate surface area is 198 Å². The molecule has 0 radical (unpaired) electrons. The highest BCUT2D eigenvalue weighted by Crippen LogP contribution is 2.27. The van der Waals surface area contributed by atoms with Crippen molar-refractivity contribution in [3.63, 3.8) is 0 Å². The Morgan fingerprint density at radius 1 is 0.912 bits per heavy atom. The van der Waals surface area contributed by atoms with Crippen LogP contribution in [0.1, 0.15) is 31.8 Å². The number of benzene rings is 3. The lowest BCUT2D eigenvalue weighted by atomic mass is 9.96. The molecule has 8 heteroatoms. The number of nitro groups is 1. The summed E-state index contributed by atoms with van der Waals surface area (Å²) in [5.74, 6) is -0.637. The zero-order chi connectivity index (χ0) is 24.2. The number of carbonyl (C=O) groups is 2. The highest BCUT2D eigenvalue weighted by molar-refractivity contribution is 6.15. The van der Waals surface area contributed by atoms with Crippen LogP contribution in [0.4, 0.5) is 17.1 Å². The van der Waals surface area contributed by atoms with Crippen LogP contribution >= 0.6 is 0 Å². The third kappa shape index (κ3) is 4.61. The van der Waals surface area contributed by atoms with Gasteiger partial charge in [0.1, 0.15) is 5.69 Å². The lowest BCUT2D eigenvalue weighted by Gasteiger charge is -2.36. The first-order chi connectivity index (χ1) is 16.4. The minimum atomic E-state index is -0.534. The topological polar surface area (TPSA) is 95.8 Å². The van der Waals surface area contributed by atoms with Crippen molar-refractivity contribution in [3.05, 3.63) is 99.1 Å². The number of carbonyl (C=O) groups excluding carboxylic acids is 2. The van der Waals surface area contributed by atoms with Crippen molar-refractivity contribution in [2.75, 3.05) is 43.4 Å². The van der Waals surface area contributed by atoms with Crippen molar-refractivity contribution in [1.82, 2.24) is 4.90 Å². The summed E-state index contributed by atoms with van der Waals surface area (Å²) >= 11 is 0. The van der Waals surface area contributed by atoms with Gasteiger partial charge in [-0.2, -0.15) is 0 Å². The first kappa shape index (κ1) is 23.0. The molecule has 0 saturated carbocycles. The maximum absolute atomic E-state index is 13.4. The number of piperazine rings is 1. The van der Waals surface area contributed by atoms with Crippen LogP contribution in [0, 0.1) is 17.0 Å². The van der Waals surface area contributed by atoms with Gasteiger partial charge in [0, 0.05) is 56.1 Å². The van der Waals surface area contributed by atoms with Gasteiger partial charge < -0.3 is 15.1 Å². The lowest BCUT2D eigenvalue weighted by Crippen LogP contribution is -2.49. The molecule has 1 heterocycles. The second kappa shape index (κ2) is 9.74. The molecule has 3 aromatic carbocycles. The van der Waals surface area contributed by atoms with E-state index in [4.69, 9.17) is 0 Å². The van der Waals surface area contributed by atoms with Crippen LogP contribution in [-0.4, -0.2) is 54.7 Å². The molecule has 1 aliphatic heterocycles. The molecule has 8 nitrogen and oxygen atoms in total. The number of hydrogen-bond acceptors (Lipinski definition) is 6. The smallest absolute Gasteiger partial charge is 0.293 e. The van der Waals surface area contributed by atoms with Gasteiger partial charge in [-0.05, 0) is 42.8 Å². The van der Waals surface area contributed by atoms with Crippen LogP contribution in [0.5, 0.6) is 0 Å². The molecule has 1 fully saturated rings. The van der Waals surface area contributed by atoms with Crippen molar-refractivity contribution < 1.29 is 14.5 Å². The maximum atomic E-state index is 13.4. The summed E-state index contributed by atoms with van der Waals surface area (Å²) < 4.78 is 0. The zero-order valence-electron chi connectivity index (χ0n) is 19.2. The minimum absolute atomic E-state index is 0.162. The molecule has 0 bridgehead atoms. The van der Waals surface area contributed by atoms with Crippen LogP contribution in [0.3, 0.4) is 0 Å². The molecular weight excluding hydrogens is 432 g/mol. The number of hydrogen-bond donors (Lipinski definition) is 1. The van der Waals surface area contributed by atoms with E-state index in [1.165, 1.54) is 23.8 Å². The van der Waals surface area contributed by atoms with Gasteiger partial charge in [-0.3, -0.25) is 19.7 Å². The van der Waals surface area contributed by atoms with Gasteiger partial charge in [0.2, 0.25) is 0 Å². The van der Waals surface area contributed by atoms with E-state index < -0.39 is 10.7 Å². The van der Waals surface area contributed by atoms with Gasteiger partial charge in [-0.25, -0.2) is 0 Å². The largest absolute Gasteiger partial charge is 0.383 e. The molecule has 0 unspecified atom stereocenters. The summed E-state index contributed by atoms with van der Waals surface area (Å²) in [5, 5.41) is 14.2. The molecule has 1 saturated heterocycles. The standard InChI is InChI=1S/C26H26N4O4/c1-18-6-5-7-20(16-18)28-12-14-29(15-13-28)26(32)22-9-4-3-8-21(22)25(31)19-10-11-23(27-2)24(17-19)30(33)34/h3-11,16-17,27H,12-15H2,1-2H3. The normalized spacial score (nSPS) is 13.5. The van der Waals surface area contributed by atoms with Crippen molar-refractivity contribution >= 4 is 28.8 Å². The highest BCUT2D eigenvalue weighted by Gasteiger charge is 2.27. The number of nitro benzene ring substituents is 1. The molecule has 1 N–H and O–H groups in total. The molecule has 0 atom stereocenters. The quantitative estimate of drug-likeness (QED) is 0.339. The van der Waals surface area contributed by atoms with Gasteiger partial charge in [0.05, 0.1) is 10.5 Å². The van der Waals surface area contributed by atoms with E-state index in [2.05, 4.69) is 35.3 Å². The first-order valence-electron chi connectivity index (χ1n) is 11.1. The molecule has 3 aromatic rings. The first-order valence-corrected chi connectivity index (χ1v) is 11.1. The summed E-state index contributed by atoms with van der Waals surface area (Å²) in [6.45, 7) is 4.53. The van der Waals surface area contributed by atoms with Gasteiger partial charge in [-0.1, -0.05) is 30.3 Å². The Balaban J connectivity index is 1.55. The number of nitrogens with zero attached hydrogens (tertiary/aromatic N) is 3. The zero-order valence-corrected chi connectivity index (χ0v) is 19.2. The van der Waals surface area contributed by atoms with Crippen molar-refractivity contribution in [2.24, 2.45) is 0 Å². The third-order valence-electron chi connectivity index (χ3n) is 6.06. The molecule has 34 heavy (non-hydrogen) atoms. The molecule has 0 spiro atoms. The second-order valence-electron chi connectivity index (χ2n) is 8.23. The summed E-state index contributed by atoms with van der Waals surface area (Å²) in [6.07, 6.45) is 0. The van der Waals surface area contributed by atoms with E-state index in [-0.39, 0.29) is 22.7 Å². The molecule has 1 aliphatic rings. The number of amides is 1. The van der Waals surface area contributed by atoms with Crippen LogP contribution in [0.15, 0.2) is 66.7 Å². The fourth-order valence-corrected chi connectivity index (χ4v) is 4.22. The second-order valence-corrected chi connectivity index (χ2v) is 8.23. The maximum Gasteiger partial charge on any atom is 0.293 e. The van der Waals surface area contributed by atoms with Crippen molar-refractivity contribution in [2.45, 2.75) is 6.92 Å². The fraction of sp³-hybridized carbons (Fsp3) is 0.231. The fourth-order valence-electron chi connectivity index (χ4n) is 4.22. The van der Waals surface area contributed by atoms with E-state index in [1.54, 1.807) is 36.2 Å². The molecule has 4 rings (SSSR count). The molecule has 0 aliphatic carbocycles. The van der Waals surface area contributed by atoms with Crippen molar-refractivity contribution in [3.8, 4) is 0 Å². The number of aryl methyl sites for hydroxylation is 1. The van der Waals surface area contributed by atoms with Gasteiger partial charge >= 0.3 is 0 Å². The van der Waals surface area contributed by atoms with Crippen LogP contribution < -0.4 is 10.2 Å². The number of nitrogens with one attached hydrogen (secondary N) is 1. The number of rotatable bonds is 6. The highest BCUT2D eigenvalue weighted by atomic mass is 16.6. The molecular formula is C26H26N4O4. The van der Waals surface area contributed by atoms with Gasteiger partial charge in [-0.15, -0.1) is 0 Å². The Morgan fingerprint density at radius 2 is 1.62 bits per heavy atom. The van der Waals surface area contributed by atoms with E-state index in [0.717, 1.165) is 5.69 Å². The van der Waals surface area contributed by atoms with Gasteiger partial charge in [0.25, 0.3) is 11.6 Å². The van der Waals surface area contributed by atoms with Crippen molar-refractivity contribution in [1.29, 1.82) is 0 Å². The Morgan fingerprint density at radius 3 is 2.26 bits per heavy atom. The SMILES string of the molecule is CNc1ccc(C(=O)c2ccccc2C(=O)N2CCN(c3cccc(C)c3)CC2)cc1[N+](=O)[O-]. The summed E-state index contributed by atoms with van der Waals surface area (Å²) in [7, 11) is 1.58. The van der Waals surface area contributed by atoms with Crippen LogP contribution in [-0.2, 0) is 0 Å². The number of anilines is 2. The third-order valence-corrected chi connectivity index (χ3v) is 6.06. The lowest BCUT2D eigenvalue weighted by molar-refractivity contribution is -0.384. The summed E-state index contributed by atoms with van der Waals surface area (Å²) in [4.78, 5) is 41.5. The predicted octanol–water partition coefficient (Wildman–Crippen LogP) is 4.14. The van der Waals surface area contributed by atoms with Crippen LogP contribution in [0.2, 0.25) is 0 Å². The monoisotopic (exact) mass is 458 g/mol. The van der Waals surface area contributed by atoms with E-state index >= 15 is 0 Å². The summed E-state index contributed by atoms with van der Waals surface area (Å²) in [5.41, 5.74) is 3.15. The van der Waals surface area contributed by atoms with Crippen LogP contribution in [0.25, 0.3) is 0 Å². The Bertz CT molecular complexity index is 1250. The van der Waals surface area contributed by atoms with E-state index in [9.17, 15) is 19.7 Å². The van der Waals surface area contributed by atoms with E-state index in [0.29, 0.717) is 37.4 Å². The summed E-state index contributed by atoms with van der Waals surface area (Å²) in [6, 6.07) is 19.2. The average Bonchev–Trinajstić information content (AvgIpc) is 2.87. The number of ketones is 1. The predicted molar refractivity (Wildman–Crippen MR) is 132 cm³/mol.